The number of hydrogen-bond donors (Lipinski definition) is 0. The maximum absolute atomic E-state index is 12.6. The monoisotopic (exact) mass is 395 g/mol. The first kappa shape index (κ1) is 21.1. The van der Waals surface area contributed by atoms with Gasteiger partial charge in [0.25, 0.3) is 0 Å². The summed E-state index contributed by atoms with van der Waals surface area (Å²) in [5.41, 5.74) is 1.85. The molecule has 0 radical (unpaired) electrons. The quantitative estimate of drug-likeness (QED) is 0.604. The first-order valence-corrected chi connectivity index (χ1v) is 8.47. The fraction of sp³-hybridized carbons (Fsp3) is 0.333. The highest BCUT2D eigenvalue weighted by Gasteiger charge is 2.13. The second-order valence-electron chi connectivity index (χ2n) is 5.15. The van der Waals surface area contributed by atoms with Gasteiger partial charge in [-0.1, -0.05) is 13.8 Å². The predicted octanol–water partition coefficient (Wildman–Crippen LogP) is 3.89. The number of rotatable bonds is 7. The molecule has 0 unspecified atom stereocenters. The van der Waals surface area contributed by atoms with E-state index in [4.69, 9.17) is 4.74 Å². The van der Waals surface area contributed by atoms with Gasteiger partial charge in [0.05, 0.1) is 13.7 Å². The van der Waals surface area contributed by atoms with Gasteiger partial charge in [-0.2, -0.15) is 13.9 Å². The summed E-state index contributed by atoms with van der Waals surface area (Å²) >= 11 is 0. The third-order valence-electron chi connectivity index (χ3n) is 3.40. The molecule has 0 aliphatic rings. The number of methoxy groups -OCH3 is 1. The summed E-state index contributed by atoms with van der Waals surface area (Å²) in [5, 5.41) is 3.97. The number of hydrogen-bond acceptors (Lipinski definition) is 6. The first-order chi connectivity index (χ1) is 13.6. The molecule has 28 heavy (non-hydrogen) atoms. The summed E-state index contributed by atoms with van der Waals surface area (Å²) in [5.74, 6) is 0.189. The van der Waals surface area contributed by atoms with Crippen molar-refractivity contribution in [3.8, 4) is 22.9 Å². The fourth-order valence-corrected chi connectivity index (χ4v) is 2.34. The van der Waals surface area contributed by atoms with Gasteiger partial charge in [0.2, 0.25) is 11.8 Å². The lowest BCUT2D eigenvalue weighted by molar-refractivity contribution is -0.0528. The van der Waals surface area contributed by atoms with Crippen molar-refractivity contribution < 1.29 is 22.6 Å². The van der Waals surface area contributed by atoms with Crippen LogP contribution >= 0.6 is 0 Å². The summed E-state index contributed by atoms with van der Waals surface area (Å²) in [7, 11) is 1.45. The van der Waals surface area contributed by atoms with Crippen molar-refractivity contribution in [2.45, 2.75) is 33.7 Å². The molecule has 150 valence electrons. The standard InChI is InChI=1S/C16H14F3N5O2.C2H6/c1-25-15-12(11-2-3-20-14(5-11)26-16(18)19)4-10(7-21-15)8-24-9-22-13(6-17)23-24;1-2/h2-5,7,9,16H,6,8H2,1H3;1-2H3. The van der Waals surface area contributed by atoms with Crippen LogP contribution in [0.15, 0.2) is 36.9 Å². The largest absolute Gasteiger partial charge is 0.481 e. The van der Waals surface area contributed by atoms with E-state index in [1.807, 2.05) is 13.8 Å². The average molecular weight is 395 g/mol. The second kappa shape index (κ2) is 10.2. The summed E-state index contributed by atoms with van der Waals surface area (Å²) in [6.07, 6.45) is 4.35. The highest BCUT2D eigenvalue weighted by atomic mass is 19.3. The number of halogens is 3. The summed E-state index contributed by atoms with van der Waals surface area (Å²) < 4.78 is 48.4. The Kier molecular flexibility index (Phi) is 7.73. The number of aromatic nitrogens is 5. The van der Waals surface area contributed by atoms with Gasteiger partial charge in [-0.15, -0.1) is 0 Å². The molecule has 3 aromatic heterocycles. The van der Waals surface area contributed by atoms with Crippen molar-refractivity contribution in [3.63, 3.8) is 0 Å². The Morgan fingerprint density at radius 1 is 1.14 bits per heavy atom. The van der Waals surface area contributed by atoms with Crippen molar-refractivity contribution in [2.75, 3.05) is 7.11 Å². The Hall–Kier alpha value is -3.17. The zero-order chi connectivity index (χ0) is 20.5. The smallest absolute Gasteiger partial charge is 0.388 e. The van der Waals surface area contributed by atoms with Crippen molar-refractivity contribution in [3.05, 3.63) is 48.3 Å². The van der Waals surface area contributed by atoms with Crippen LogP contribution in [0.1, 0.15) is 25.2 Å². The number of ether oxygens (including phenoxy) is 2. The Bertz CT molecular complexity index is 889. The zero-order valence-corrected chi connectivity index (χ0v) is 15.6. The molecule has 3 aromatic rings. The molecule has 0 fully saturated rings. The topological polar surface area (TPSA) is 75.0 Å². The lowest BCUT2D eigenvalue weighted by Gasteiger charge is -2.11. The Morgan fingerprint density at radius 2 is 1.93 bits per heavy atom. The summed E-state index contributed by atoms with van der Waals surface area (Å²) in [6.45, 7) is 0.590. The van der Waals surface area contributed by atoms with Crippen molar-refractivity contribution in [1.29, 1.82) is 0 Å². The van der Waals surface area contributed by atoms with E-state index in [2.05, 4.69) is 24.8 Å². The lowest BCUT2D eigenvalue weighted by atomic mass is 10.1. The molecule has 3 rings (SSSR count). The predicted molar refractivity (Wildman–Crippen MR) is 95.9 cm³/mol. The van der Waals surface area contributed by atoms with Crippen LogP contribution in [0.25, 0.3) is 11.1 Å². The molecule has 0 aromatic carbocycles. The van der Waals surface area contributed by atoms with E-state index in [1.54, 1.807) is 18.3 Å². The van der Waals surface area contributed by atoms with Crippen LogP contribution < -0.4 is 9.47 Å². The average Bonchev–Trinajstić information content (AvgIpc) is 3.17. The van der Waals surface area contributed by atoms with E-state index in [-0.39, 0.29) is 11.7 Å². The van der Waals surface area contributed by atoms with Gasteiger partial charge in [-0.3, -0.25) is 0 Å². The molecular formula is C18H20F3N5O2. The molecular weight excluding hydrogens is 375 g/mol. The van der Waals surface area contributed by atoms with Crippen LogP contribution in [0, 0.1) is 0 Å². The van der Waals surface area contributed by atoms with Gasteiger partial charge in [-0.05, 0) is 23.3 Å². The normalized spacial score (nSPS) is 10.4. The fourth-order valence-electron chi connectivity index (χ4n) is 2.34. The SMILES string of the molecule is CC.COc1ncc(Cn2cnc(CF)n2)cc1-c1ccnc(OC(F)F)c1. The lowest BCUT2D eigenvalue weighted by Crippen LogP contribution is -2.04. The summed E-state index contributed by atoms with van der Waals surface area (Å²) in [6, 6.07) is 4.76. The molecule has 0 atom stereocenters. The molecule has 3 heterocycles. The van der Waals surface area contributed by atoms with E-state index < -0.39 is 13.3 Å². The van der Waals surface area contributed by atoms with E-state index >= 15 is 0 Å². The number of alkyl halides is 3. The van der Waals surface area contributed by atoms with Crippen LogP contribution in [0.4, 0.5) is 13.2 Å². The molecule has 7 nitrogen and oxygen atoms in total. The van der Waals surface area contributed by atoms with E-state index in [0.717, 1.165) is 5.56 Å². The molecule has 0 amide bonds. The van der Waals surface area contributed by atoms with Crippen LogP contribution in [0.2, 0.25) is 0 Å². The minimum absolute atomic E-state index is 0.0922. The molecule has 0 bridgehead atoms. The van der Waals surface area contributed by atoms with Crippen LogP contribution in [0.5, 0.6) is 11.8 Å². The molecule has 0 N–H and O–H groups in total. The van der Waals surface area contributed by atoms with E-state index in [0.29, 0.717) is 23.6 Å². The van der Waals surface area contributed by atoms with Crippen molar-refractivity contribution in [2.24, 2.45) is 0 Å². The molecule has 0 spiro atoms. The maximum Gasteiger partial charge on any atom is 0.388 e. The molecule has 0 saturated carbocycles. The zero-order valence-electron chi connectivity index (χ0n) is 15.6. The van der Waals surface area contributed by atoms with Crippen LogP contribution in [0.3, 0.4) is 0 Å². The van der Waals surface area contributed by atoms with Crippen LogP contribution in [-0.2, 0) is 13.2 Å². The third kappa shape index (κ3) is 5.41. The highest BCUT2D eigenvalue weighted by molar-refractivity contribution is 5.69. The van der Waals surface area contributed by atoms with Gasteiger partial charge in [-0.25, -0.2) is 24.0 Å². The Labute approximate surface area is 160 Å². The van der Waals surface area contributed by atoms with Gasteiger partial charge < -0.3 is 9.47 Å². The minimum atomic E-state index is -2.97. The van der Waals surface area contributed by atoms with Crippen LogP contribution in [-0.4, -0.2) is 38.5 Å². The number of nitrogens with zero attached hydrogens (tertiary/aromatic N) is 5. The minimum Gasteiger partial charge on any atom is -0.481 e. The Morgan fingerprint density at radius 3 is 2.57 bits per heavy atom. The van der Waals surface area contributed by atoms with Gasteiger partial charge in [0.15, 0.2) is 12.5 Å². The van der Waals surface area contributed by atoms with Gasteiger partial charge in [0.1, 0.15) is 6.33 Å². The third-order valence-corrected chi connectivity index (χ3v) is 3.40. The van der Waals surface area contributed by atoms with Crippen molar-refractivity contribution in [1.82, 2.24) is 24.7 Å². The van der Waals surface area contributed by atoms with Crippen molar-refractivity contribution >= 4 is 0 Å². The molecule has 0 saturated heterocycles. The number of pyridine rings is 2. The summed E-state index contributed by atoms with van der Waals surface area (Å²) in [4.78, 5) is 11.8. The first-order valence-electron chi connectivity index (χ1n) is 8.47. The van der Waals surface area contributed by atoms with E-state index in [9.17, 15) is 13.2 Å². The highest BCUT2D eigenvalue weighted by Crippen LogP contribution is 2.30. The Balaban J connectivity index is 0.00000136. The second-order valence-corrected chi connectivity index (χ2v) is 5.15. The molecule has 0 aliphatic heterocycles. The van der Waals surface area contributed by atoms with Gasteiger partial charge in [0, 0.05) is 24.0 Å². The van der Waals surface area contributed by atoms with E-state index in [1.165, 1.54) is 30.4 Å². The van der Waals surface area contributed by atoms with Gasteiger partial charge >= 0.3 is 6.61 Å². The molecule has 0 aliphatic carbocycles. The maximum atomic E-state index is 12.6. The molecule has 10 heteroatoms.